The fraction of sp³-hybridized carbons (Fsp3) is 0.286. The van der Waals surface area contributed by atoms with Crippen LogP contribution in [0, 0.1) is 0 Å². The zero-order valence-corrected chi connectivity index (χ0v) is 8.81. The Morgan fingerprint density at radius 2 is 2.25 bits per heavy atom. The lowest BCUT2D eigenvalue weighted by Crippen LogP contribution is -2.20. The molecule has 0 spiro atoms. The van der Waals surface area contributed by atoms with E-state index in [0.29, 0.717) is 6.54 Å². The number of hydrogen-bond donors (Lipinski definition) is 2. The molecule has 0 unspecified atom stereocenters. The quantitative estimate of drug-likeness (QED) is 0.778. The molecular formula is C7H11BrClN3. The molecule has 68 valence electrons. The lowest BCUT2D eigenvalue weighted by atomic mass is 10.1. The van der Waals surface area contributed by atoms with Gasteiger partial charge in [-0.25, -0.2) is 4.98 Å². The standard InChI is InChI=1S/C7H10BrN3.ClH/c8-7-3-5(1-2-11-7)6(10)4-9;/h1-3,6H,4,9-10H2;1H/t6-;/m1./s1. The van der Waals surface area contributed by atoms with Gasteiger partial charge in [-0.05, 0) is 33.6 Å². The molecule has 0 radical (unpaired) electrons. The second-order valence-electron chi connectivity index (χ2n) is 2.25. The van der Waals surface area contributed by atoms with Gasteiger partial charge < -0.3 is 11.5 Å². The van der Waals surface area contributed by atoms with E-state index in [0.717, 1.165) is 10.2 Å². The van der Waals surface area contributed by atoms with Gasteiger partial charge in [-0.1, -0.05) is 0 Å². The van der Waals surface area contributed by atoms with Gasteiger partial charge >= 0.3 is 0 Å². The van der Waals surface area contributed by atoms with Gasteiger partial charge in [-0.15, -0.1) is 12.4 Å². The molecule has 0 aliphatic rings. The Balaban J connectivity index is 0.00000121. The summed E-state index contributed by atoms with van der Waals surface area (Å²) in [5, 5.41) is 0. The van der Waals surface area contributed by atoms with Gasteiger partial charge in [-0.2, -0.15) is 0 Å². The van der Waals surface area contributed by atoms with Crippen LogP contribution >= 0.6 is 28.3 Å². The van der Waals surface area contributed by atoms with Crippen LogP contribution in [0.4, 0.5) is 0 Å². The van der Waals surface area contributed by atoms with Crippen LogP contribution in [0.3, 0.4) is 0 Å². The third-order valence-corrected chi connectivity index (χ3v) is 1.87. The summed E-state index contributed by atoms with van der Waals surface area (Å²) in [6.45, 7) is 0.455. The molecule has 1 aromatic rings. The van der Waals surface area contributed by atoms with Gasteiger partial charge in [0.15, 0.2) is 0 Å². The van der Waals surface area contributed by atoms with Crippen molar-refractivity contribution in [1.82, 2.24) is 4.98 Å². The van der Waals surface area contributed by atoms with Crippen molar-refractivity contribution in [3.8, 4) is 0 Å². The first-order chi connectivity index (χ1) is 5.24. The summed E-state index contributed by atoms with van der Waals surface area (Å²) >= 11 is 3.25. The summed E-state index contributed by atoms with van der Waals surface area (Å²) in [6, 6.07) is 3.65. The number of nitrogens with zero attached hydrogens (tertiary/aromatic N) is 1. The first-order valence-electron chi connectivity index (χ1n) is 3.31. The summed E-state index contributed by atoms with van der Waals surface area (Å²) < 4.78 is 0.791. The smallest absolute Gasteiger partial charge is 0.106 e. The molecule has 0 aliphatic carbocycles. The highest BCUT2D eigenvalue weighted by Crippen LogP contribution is 2.12. The summed E-state index contributed by atoms with van der Waals surface area (Å²) in [5.74, 6) is 0. The van der Waals surface area contributed by atoms with E-state index in [1.165, 1.54) is 0 Å². The topological polar surface area (TPSA) is 64.9 Å². The van der Waals surface area contributed by atoms with E-state index >= 15 is 0 Å². The molecule has 1 rings (SSSR count). The van der Waals surface area contributed by atoms with Crippen molar-refractivity contribution < 1.29 is 0 Å². The van der Waals surface area contributed by atoms with Crippen LogP contribution < -0.4 is 11.5 Å². The molecule has 0 amide bonds. The minimum absolute atomic E-state index is 0. The van der Waals surface area contributed by atoms with Crippen molar-refractivity contribution in [3.63, 3.8) is 0 Å². The summed E-state index contributed by atoms with van der Waals surface area (Å²) in [7, 11) is 0. The highest BCUT2D eigenvalue weighted by Gasteiger charge is 2.02. The zero-order valence-electron chi connectivity index (χ0n) is 6.40. The molecule has 0 saturated carbocycles. The van der Waals surface area contributed by atoms with Crippen molar-refractivity contribution in [1.29, 1.82) is 0 Å². The minimum atomic E-state index is -0.0886. The molecule has 4 N–H and O–H groups in total. The largest absolute Gasteiger partial charge is 0.329 e. The number of aromatic nitrogens is 1. The first-order valence-corrected chi connectivity index (χ1v) is 4.10. The average molecular weight is 253 g/mol. The van der Waals surface area contributed by atoms with E-state index in [2.05, 4.69) is 20.9 Å². The number of halogens is 2. The molecule has 1 aromatic heterocycles. The third-order valence-electron chi connectivity index (χ3n) is 1.43. The molecule has 3 nitrogen and oxygen atoms in total. The van der Waals surface area contributed by atoms with Crippen LogP contribution in [0.5, 0.6) is 0 Å². The van der Waals surface area contributed by atoms with Crippen LogP contribution in [0.1, 0.15) is 11.6 Å². The second kappa shape index (κ2) is 5.48. The highest BCUT2D eigenvalue weighted by molar-refractivity contribution is 9.10. The molecule has 0 aromatic carbocycles. The van der Waals surface area contributed by atoms with Crippen molar-refractivity contribution in [2.75, 3.05) is 6.54 Å². The molecule has 0 bridgehead atoms. The van der Waals surface area contributed by atoms with Gasteiger partial charge in [0.25, 0.3) is 0 Å². The van der Waals surface area contributed by atoms with Gasteiger partial charge in [0.05, 0.1) is 0 Å². The maximum absolute atomic E-state index is 5.69. The van der Waals surface area contributed by atoms with Crippen molar-refractivity contribution in [2.45, 2.75) is 6.04 Å². The monoisotopic (exact) mass is 251 g/mol. The molecule has 1 atom stereocenters. The Hall–Kier alpha value is -0.160. The van der Waals surface area contributed by atoms with Crippen molar-refractivity contribution in [2.24, 2.45) is 11.5 Å². The Kier molecular flexibility index (Phi) is 5.41. The second-order valence-corrected chi connectivity index (χ2v) is 3.07. The van der Waals surface area contributed by atoms with E-state index < -0.39 is 0 Å². The third kappa shape index (κ3) is 3.06. The first kappa shape index (κ1) is 11.8. The molecule has 5 heteroatoms. The maximum atomic E-state index is 5.69. The zero-order chi connectivity index (χ0) is 8.27. The normalized spacial score (nSPS) is 11.9. The molecule has 0 saturated heterocycles. The SMILES string of the molecule is Cl.NC[C@@H](N)c1ccnc(Br)c1. The van der Waals surface area contributed by atoms with Crippen LogP contribution in [0.25, 0.3) is 0 Å². The molecular weight excluding hydrogens is 241 g/mol. The number of nitrogens with two attached hydrogens (primary N) is 2. The van der Waals surface area contributed by atoms with Gasteiger partial charge in [0.1, 0.15) is 4.60 Å². The predicted molar refractivity (Wildman–Crippen MR) is 55.2 cm³/mol. The van der Waals surface area contributed by atoms with E-state index in [1.54, 1.807) is 6.20 Å². The molecule has 0 fully saturated rings. The van der Waals surface area contributed by atoms with E-state index in [1.807, 2.05) is 12.1 Å². The number of rotatable bonds is 2. The van der Waals surface area contributed by atoms with Gasteiger partial charge in [0, 0.05) is 18.8 Å². The van der Waals surface area contributed by atoms with E-state index in [-0.39, 0.29) is 18.4 Å². The lowest BCUT2D eigenvalue weighted by molar-refractivity contribution is 0.734. The van der Waals surface area contributed by atoms with Crippen LogP contribution in [-0.4, -0.2) is 11.5 Å². The van der Waals surface area contributed by atoms with Crippen LogP contribution in [0.2, 0.25) is 0 Å². The Labute approximate surface area is 86.1 Å². The van der Waals surface area contributed by atoms with Gasteiger partial charge in [0.2, 0.25) is 0 Å². The average Bonchev–Trinajstić information content (AvgIpc) is 2.03. The van der Waals surface area contributed by atoms with E-state index in [4.69, 9.17) is 11.5 Å². The Bertz CT molecular complexity index is 244. The van der Waals surface area contributed by atoms with E-state index in [9.17, 15) is 0 Å². The molecule has 12 heavy (non-hydrogen) atoms. The van der Waals surface area contributed by atoms with Gasteiger partial charge in [-0.3, -0.25) is 0 Å². The molecule has 0 aliphatic heterocycles. The van der Waals surface area contributed by atoms with Crippen LogP contribution in [0.15, 0.2) is 22.9 Å². The molecule has 1 heterocycles. The fourth-order valence-electron chi connectivity index (χ4n) is 0.784. The lowest BCUT2D eigenvalue weighted by Gasteiger charge is -2.07. The fourth-order valence-corrected chi connectivity index (χ4v) is 1.17. The Morgan fingerprint density at radius 3 is 2.75 bits per heavy atom. The van der Waals surface area contributed by atoms with Crippen molar-refractivity contribution >= 4 is 28.3 Å². The summed E-state index contributed by atoms with van der Waals surface area (Å²) in [5.41, 5.74) is 12.1. The summed E-state index contributed by atoms with van der Waals surface area (Å²) in [4.78, 5) is 3.98. The number of hydrogen-bond acceptors (Lipinski definition) is 3. The number of pyridine rings is 1. The minimum Gasteiger partial charge on any atom is -0.329 e. The summed E-state index contributed by atoms with van der Waals surface area (Å²) in [6.07, 6.45) is 1.70. The van der Waals surface area contributed by atoms with Crippen LogP contribution in [-0.2, 0) is 0 Å². The Morgan fingerprint density at radius 1 is 1.58 bits per heavy atom. The predicted octanol–water partition coefficient (Wildman–Crippen LogP) is 1.22. The van der Waals surface area contributed by atoms with Crippen molar-refractivity contribution in [3.05, 3.63) is 28.5 Å². The highest BCUT2D eigenvalue weighted by atomic mass is 79.9. The maximum Gasteiger partial charge on any atom is 0.106 e.